The van der Waals surface area contributed by atoms with Gasteiger partial charge in [-0.15, -0.1) is 0 Å². The molecular formula is C33H33Br2N3O4S. The fraction of sp³-hybridized carbons (Fsp3) is 0.212. The largest absolute Gasteiger partial charge is 0.352 e. The standard InChI is InChI=1S/C33H33Br2N3O4S/c1-24(2)36-33(40)31(20-25-10-5-3-6-11-25)37(22-26-16-18-27(34)19-17-26)32(39)23-38(29-13-9-12-28(35)21-29)43(41,42)30-14-7-4-8-15-30/h3-19,21,24,31H,20,22-23H2,1-2H3,(H,36,40)/t31-/m0/s1. The highest BCUT2D eigenvalue weighted by molar-refractivity contribution is 9.10. The Balaban J connectivity index is 1.80. The van der Waals surface area contributed by atoms with Crippen LogP contribution in [0.3, 0.4) is 0 Å². The highest BCUT2D eigenvalue weighted by Crippen LogP contribution is 2.27. The molecule has 0 saturated heterocycles. The molecule has 7 nitrogen and oxygen atoms in total. The van der Waals surface area contributed by atoms with E-state index in [1.807, 2.05) is 68.4 Å². The second-order valence-corrected chi connectivity index (χ2v) is 14.0. The Morgan fingerprint density at radius 1 is 0.767 bits per heavy atom. The first-order chi connectivity index (χ1) is 20.5. The third kappa shape index (κ3) is 8.78. The van der Waals surface area contributed by atoms with Gasteiger partial charge in [0.1, 0.15) is 12.6 Å². The monoisotopic (exact) mass is 725 g/mol. The molecule has 4 aromatic carbocycles. The van der Waals surface area contributed by atoms with Gasteiger partial charge in [-0.3, -0.25) is 13.9 Å². The second kappa shape index (κ2) is 14.8. The molecule has 4 rings (SSSR count). The third-order valence-electron chi connectivity index (χ3n) is 6.67. The van der Waals surface area contributed by atoms with E-state index in [4.69, 9.17) is 0 Å². The van der Waals surface area contributed by atoms with E-state index in [0.29, 0.717) is 10.2 Å². The molecule has 1 atom stereocenters. The molecule has 0 spiro atoms. The second-order valence-electron chi connectivity index (χ2n) is 10.3. The molecule has 0 aliphatic rings. The van der Waals surface area contributed by atoms with Crippen LogP contribution in [0.2, 0.25) is 0 Å². The van der Waals surface area contributed by atoms with Gasteiger partial charge in [0.05, 0.1) is 10.6 Å². The summed E-state index contributed by atoms with van der Waals surface area (Å²) < 4.78 is 30.6. The van der Waals surface area contributed by atoms with Crippen LogP contribution in [-0.4, -0.2) is 43.8 Å². The molecule has 0 aromatic heterocycles. The van der Waals surface area contributed by atoms with Crippen LogP contribution in [0.25, 0.3) is 0 Å². The van der Waals surface area contributed by atoms with Crippen LogP contribution in [0.4, 0.5) is 5.69 Å². The van der Waals surface area contributed by atoms with E-state index in [2.05, 4.69) is 37.2 Å². The van der Waals surface area contributed by atoms with Crippen molar-refractivity contribution in [2.24, 2.45) is 0 Å². The molecule has 0 unspecified atom stereocenters. The number of hydrogen-bond donors (Lipinski definition) is 1. The van der Waals surface area contributed by atoms with Crippen LogP contribution >= 0.6 is 31.9 Å². The normalized spacial score (nSPS) is 12.0. The molecule has 0 fully saturated rings. The minimum absolute atomic E-state index is 0.0561. The van der Waals surface area contributed by atoms with Crippen molar-refractivity contribution in [2.75, 3.05) is 10.8 Å². The van der Waals surface area contributed by atoms with E-state index < -0.39 is 28.5 Å². The maximum absolute atomic E-state index is 14.4. The van der Waals surface area contributed by atoms with Gasteiger partial charge < -0.3 is 10.2 Å². The van der Waals surface area contributed by atoms with Crippen LogP contribution in [0.5, 0.6) is 0 Å². The van der Waals surface area contributed by atoms with Gasteiger partial charge >= 0.3 is 0 Å². The molecule has 2 amide bonds. The lowest BCUT2D eigenvalue weighted by Gasteiger charge is -2.34. The smallest absolute Gasteiger partial charge is 0.264 e. The van der Waals surface area contributed by atoms with Crippen molar-refractivity contribution >= 4 is 59.4 Å². The molecule has 10 heteroatoms. The average molecular weight is 728 g/mol. The van der Waals surface area contributed by atoms with Crippen molar-refractivity contribution in [3.8, 4) is 0 Å². The Kier molecular flexibility index (Phi) is 11.2. The molecule has 0 bridgehead atoms. The van der Waals surface area contributed by atoms with E-state index in [0.717, 1.165) is 19.9 Å². The molecule has 1 N–H and O–H groups in total. The Morgan fingerprint density at radius 2 is 1.40 bits per heavy atom. The summed E-state index contributed by atoms with van der Waals surface area (Å²) in [7, 11) is -4.14. The summed E-state index contributed by atoms with van der Waals surface area (Å²) >= 11 is 6.88. The average Bonchev–Trinajstić information content (AvgIpc) is 2.99. The lowest BCUT2D eigenvalue weighted by atomic mass is 10.0. The maximum Gasteiger partial charge on any atom is 0.264 e. The molecule has 0 aliphatic carbocycles. The number of benzene rings is 4. The molecule has 0 saturated carbocycles. The Hall–Kier alpha value is -3.47. The molecule has 43 heavy (non-hydrogen) atoms. The van der Waals surface area contributed by atoms with Crippen LogP contribution in [0.1, 0.15) is 25.0 Å². The van der Waals surface area contributed by atoms with E-state index in [1.165, 1.54) is 17.0 Å². The summed E-state index contributed by atoms with van der Waals surface area (Å²) in [5.74, 6) is -0.827. The van der Waals surface area contributed by atoms with Gasteiger partial charge in [-0.1, -0.05) is 98.6 Å². The number of halogens is 2. The summed E-state index contributed by atoms with van der Waals surface area (Å²) in [6, 6.07) is 30.7. The number of hydrogen-bond acceptors (Lipinski definition) is 4. The third-order valence-corrected chi connectivity index (χ3v) is 9.48. The zero-order valence-electron chi connectivity index (χ0n) is 23.9. The zero-order valence-corrected chi connectivity index (χ0v) is 27.8. The van der Waals surface area contributed by atoms with Crippen molar-refractivity contribution in [3.63, 3.8) is 0 Å². The first kappa shape index (κ1) is 32.4. The summed E-state index contributed by atoms with van der Waals surface area (Å²) in [5, 5.41) is 2.96. The van der Waals surface area contributed by atoms with E-state index in [-0.39, 0.29) is 29.8 Å². The van der Waals surface area contributed by atoms with Gasteiger partial charge in [0, 0.05) is 28.0 Å². The minimum Gasteiger partial charge on any atom is -0.352 e. The zero-order chi connectivity index (χ0) is 31.0. The molecule has 0 heterocycles. The number of amides is 2. The maximum atomic E-state index is 14.4. The van der Waals surface area contributed by atoms with Gasteiger partial charge in [-0.25, -0.2) is 8.42 Å². The van der Waals surface area contributed by atoms with Gasteiger partial charge in [0.2, 0.25) is 11.8 Å². The predicted octanol–water partition coefficient (Wildman–Crippen LogP) is 6.57. The molecule has 0 radical (unpaired) electrons. The summed E-state index contributed by atoms with van der Waals surface area (Å²) in [4.78, 5) is 29.7. The topological polar surface area (TPSA) is 86.8 Å². The van der Waals surface area contributed by atoms with Crippen molar-refractivity contribution in [1.82, 2.24) is 10.2 Å². The van der Waals surface area contributed by atoms with Crippen molar-refractivity contribution in [2.45, 2.75) is 43.8 Å². The van der Waals surface area contributed by atoms with Gasteiger partial charge in [0.15, 0.2) is 0 Å². The predicted molar refractivity (Wildman–Crippen MR) is 177 cm³/mol. The molecular weight excluding hydrogens is 694 g/mol. The van der Waals surface area contributed by atoms with E-state index in [1.54, 1.807) is 42.5 Å². The number of carbonyl (C=O) groups excluding carboxylic acids is 2. The van der Waals surface area contributed by atoms with Crippen molar-refractivity contribution in [1.29, 1.82) is 0 Å². The van der Waals surface area contributed by atoms with Gasteiger partial charge in [-0.05, 0) is 67.4 Å². The fourth-order valence-corrected chi connectivity index (χ4v) is 6.68. The first-order valence-electron chi connectivity index (χ1n) is 13.8. The fourth-order valence-electron chi connectivity index (χ4n) is 4.60. The first-order valence-corrected chi connectivity index (χ1v) is 16.8. The highest BCUT2D eigenvalue weighted by Gasteiger charge is 2.34. The van der Waals surface area contributed by atoms with Crippen molar-refractivity contribution < 1.29 is 18.0 Å². The number of anilines is 1. The summed E-state index contributed by atoms with van der Waals surface area (Å²) in [5.41, 5.74) is 1.99. The Morgan fingerprint density at radius 3 is 2.00 bits per heavy atom. The Bertz CT molecular complexity index is 1630. The van der Waals surface area contributed by atoms with Gasteiger partial charge in [-0.2, -0.15) is 0 Å². The van der Waals surface area contributed by atoms with E-state index >= 15 is 0 Å². The van der Waals surface area contributed by atoms with E-state index in [9.17, 15) is 18.0 Å². The minimum atomic E-state index is -4.14. The quantitative estimate of drug-likeness (QED) is 0.179. The molecule has 0 aliphatic heterocycles. The number of sulfonamides is 1. The number of nitrogens with one attached hydrogen (secondary N) is 1. The van der Waals surface area contributed by atoms with Crippen LogP contribution in [-0.2, 0) is 32.6 Å². The van der Waals surface area contributed by atoms with Gasteiger partial charge in [0.25, 0.3) is 10.0 Å². The lowest BCUT2D eigenvalue weighted by molar-refractivity contribution is -0.140. The number of carbonyl (C=O) groups is 2. The number of nitrogens with zero attached hydrogens (tertiary/aromatic N) is 2. The molecule has 4 aromatic rings. The SMILES string of the molecule is CC(C)NC(=O)[C@H](Cc1ccccc1)N(Cc1ccc(Br)cc1)C(=O)CN(c1cccc(Br)c1)S(=O)(=O)c1ccccc1. The van der Waals surface area contributed by atoms with Crippen LogP contribution < -0.4 is 9.62 Å². The lowest BCUT2D eigenvalue weighted by Crippen LogP contribution is -2.54. The number of rotatable bonds is 12. The van der Waals surface area contributed by atoms with Crippen LogP contribution in [0, 0.1) is 0 Å². The molecule has 224 valence electrons. The summed E-state index contributed by atoms with van der Waals surface area (Å²) in [6.07, 6.45) is 0.254. The highest BCUT2D eigenvalue weighted by atomic mass is 79.9. The van der Waals surface area contributed by atoms with Crippen LogP contribution in [0.15, 0.2) is 123 Å². The summed E-state index contributed by atoms with van der Waals surface area (Å²) in [6.45, 7) is 3.32. The Labute approximate surface area is 270 Å². The van der Waals surface area contributed by atoms with Crippen molar-refractivity contribution in [3.05, 3.63) is 129 Å².